The molecule has 1 atom stereocenters. The van der Waals surface area contributed by atoms with E-state index in [1.807, 2.05) is 61.5 Å². The second-order valence-corrected chi connectivity index (χ2v) is 8.00. The zero-order valence-corrected chi connectivity index (χ0v) is 18.3. The van der Waals surface area contributed by atoms with Crippen molar-refractivity contribution >= 4 is 29.1 Å². The lowest BCUT2D eigenvalue weighted by molar-refractivity contribution is 0.0941. The van der Waals surface area contributed by atoms with Crippen LogP contribution >= 0.6 is 23.2 Å². The molecule has 1 amide bonds. The molecule has 0 bridgehead atoms. The normalized spacial score (nSPS) is 12.0. The predicted octanol–water partition coefficient (Wildman–Crippen LogP) is 4.24. The summed E-state index contributed by atoms with van der Waals surface area (Å²) in [7, 11) is 3.87. The van der Waals surface area contributed by atoms with E-state index in [4.69, 9.17) is 23.2 Å². The summed E-state index contributed by atoms with van der Waals surface area (Å²) in [6, 6.07) is 17.7. The van der Waals surface area contributed by atoms with Crippen molar-refractivity contribution in [1.82, 2.24) is 14.8 Å². The van der Waals surface area contributed by atoms with Crippen LogP contribution in [-0.4, -0.2) is 36.0 Å². The van der Waals surface area contributed by atoms with Gasteiger partial charge in [-0.25, -0.2) is 0 Å². The molecule has 0 radical (unpaired) electrons. The second-order valence-electron chi connectivity index (χ2n) is 7.19. The topological polar surface area (TPSA) is 54.3 Å². The number of benzene rings is 2. The van der Waals surface area contributed by atoms with Crippen molar-refractivity contribution in [3.8, 4) is 0 Å². The van der Waals surface area contributed by atoms with Gasteiger partial charge in [0, 0.05) is 28.9 Å². The Morgan fingerprint density at radius 2 is 1.67 bits per heavy atom. The highest BCUT2D eigenvalue weighted by atomic mass is 35.5. The third-order valence-electron chi connectivity index (χ3n) is 4.89. The van der Waals surface area contributed by atoms with Crippen LogP contribution in [0.4, 0.5) is 0 Å². The molecule has 3 rings (SSSR count). The molecule has 0 aliphatic rings. The Labute approximate surface area is 185 Å². The van der Waals surface area contributed by atoms with Gasteiger partial charge in [-0.2, -0.15) is 0 Å². The number of halogens is 2. The van der Waals surface area contributed by atoms with Crippen molar-refractivity contribution in [2.24, 2.45) is 0 Å². The van der Waals surface area contributed by atoms with Crippen molar-refractivity contribution in [3.05, 3.63) is 104 Å². The first-order chi connectivity index (χ1) is 14.4. The number of carbonyl (C=O) groups excluding carboxylic acids is 1. The van der Waals surface area contributed by atoms with E-state index in [1.54, 1.807) is 12.3 Å². The number of hydrogen-bond donors (Lipinski definition) is 1. The first kappa shape index (κ1) is 22.1. The lowest BCUT2D eigenvalue weighted by Crippen LogP contribution is -2.35. The minimum absolute atomic E-state index is 0.0864. The minimum Gasteiger partial charge on any atom is -0.350 e. The zero-order chi connectivity index (χ0) is 21.7. The SMILES string of the molecule is CN(C)C(CNC(=O)c1ccc(=O)n(Cc2ccccc2Cl)c1)c1ccccc1Cl. The average molecular weight is 444 g/mol. The highest BCUT2D eigenvalue weighted by molar-refractivity contribution is 6.31. The molecule has 1 heterocycles. The second kappa shape index (κ2) is 9.94. The number of rotatable bonds is 7. The summed E-state index contributed by atoms with van der Waals surface area (Å²) in [6.07, 6.45) is 1.56. The first-order valence-corrected chi connectivity index (χ1v) is 10.3. The van der Waals surface area contributed by atoms with E-state index in [0.29, 0.717) is 28.7 Å². The van der Waals surface area contributed by atoms with E-state index in [1.165, 1.54) is 16.7 Å². The van der Waals surface area contributed by atoms with Gasteiger partial charge >= 0.3 is 0 Å². The van der Waals surface area contributed by atoms with E-state index < -0.39 is 0 Å². The Kier molecular flexibility index (Phi) is 7.32. The van der Waals surface area contributed by atoms with Crippen LogP contribution in [0.1, 0.15) is 27.5 Å². The zero-order valence-electron chi connectivity index (χ0n) is 16.8. The molecule has 156 valence electrons. The molecule has 0 aliphatic carbocycles. The molecular weight excluding hydrogens is 421 g/mol. The van der Waals surface area contributed by atoms with Crippen molar-refractivity contribution < 1.29 is 4.79 Å². The van der Waals surface area contributed by atoms with E-state index in [-0.39, 0.29) is 17.5 Å². The fraction of sp³-hybridized carbons (Fsp3) is 0.217. The smallest absolute Gasteiger partial charge is 0.252 e. The van der Waals surface area contributed by atoms with Crippen molar-refractivity contribution in [2.45, 2.75) is 12.6 Å². The predicted molar refractivity (Wildman–Crippen MR) is 121 cm³/mol. The number of amides is 1. The lowest BCUT2D eigenvalue weighted by Gasteiger charge is -2.26. The highest BCUT2D eigenvalue weighted by Gasteiger charge is 2.18. The minimum atomic E-state index is -0.262. The maximum Gasteiger partial charge on any atom is 0.252 e. The van der Waals surface area contributed by atoms with E-state index >= 15 is 0 Å². The number of nitrogens with zero attached hydrogens (tertiary/aromatic N) is 2. The van der Waals surface area contributed by atoms with Crippen molar-refractivity contribution in [1.29, 1.82) is 0 Å². The molecule has 1 unspecified atom stereocenters. The number of hydrogen-bond acceptors (Lipinski definition) is 3. The summed E-state index contributed by atoms with van der Waals surface area (Å²) in [5, 5.41) is 4.18. The van der Waals surface area contributed by atoms with Crippen LogP contribution in [0.2, 0.25) is 10.0 Å². The summed E-state index contributed by atoms with van der Waals surface area (Å²) in [5.74, 6) is -0.262. The molecule has 2 aromatic carbocycles. The highest BCUT2D eigenvalue weighted by Crippen LogP contribution is 2.25. The van der Waals surface area contributed by atoms with Crippen molar-refractivity contribution in [2.75, 3.05) is 20.6 Å². The third kappa shape index (κ3) is 5.30. The molecule has 0 saturated carbocycles. The summed E-state index contributed by atoms with van der Waals surface area (Å²) in [4.78, 5) is 27.0. The van der Waals surface area contributed by atoms with Crippen LogP contribution in [0.5, 0.6) is 0 Å². The largest absolute Gasteiger partial charge is 0.350 e. The Balaban J connectivity index is 1.76. The monoisotopic (exact) mass is 443 g/mol. The van der Waals surface area contributed by atoms with Crippen LogP contribution < -0.4 is 10.9 Å². The van der Waals surface area contributed by atoms with Crippen LogP contribution in [-0.2, 0) is 6.54 Å². The Morgan fingerprint density at radius 1 is 1.00 bits per heavy atom. The van der Waals surface area contributed by atoms with Gasteiger partial charge in [0.05, 0.1) is 18.2 Å². The molecule has 5 nitrogen and oxygen atoms in total. The number of likely N-dealkylation sites (N-methyl/N-ethyl adjacent to an activating group) is 1. The van der Waals surface area contributed by atoms with Gasteiger partial charge in [-0.05, 0) is 43.4 Å². The summed E-state index contributed by atoms with van der Waals surface area (Å²) in [5.41, 5.74) is 1.95. The lowest BCUT2D eigenvalue weighted by atomic mass is 10.1. The van der Waals surface area contributed by atoms with Gasteiger partial charge in [-0.3, -0.25) is 9.59 Å². The maximum absolute atomic E-state index is 12.8. The molecule has 1 aromatic heterocycles. The molecule has 3 aromatic rings. The molecule has 30 heavy (non-hydrogen) atoms. The van der Waals surface area contributed by atoms with Gasteiger partial charge in [-0.1, -0.05) is 59.6 Å². The fourth-order valence-electron chi connectivity index (χ4n) is 3.21. The third-order valence-corrected chi connectivity index (χ3v) is 5.60. The van der Waals surface area contributed by atoms with Gasteiger partial charge in [-0.15, -0.1) is 0 Å². The fourth-order valence-corrected chi connectivity index (χ4v) is 3.66. The molecule has 0 aliphatic heterocycles. The standard InChI is InChI=1S/C23H23Cl2N3O2/c1-27(2)21(18-8-4-6-10-20(18)25)13-26-23(30)17-11-12-22(29)28(15-17)14-16-7-3-5-9-19(16)24/h3-12,15,21H,13-14H2,1-2H3,(H,26,30). The molecule has 0 fully saturated rings. The molecule has 0 saturated heterocycles. The average Bonchev–Trinajstić information content (AvgIpc) is 2.72. The van der Waals surface area contributed by atoms with Gasteiger partial charge in [0.2, 0.25) is 0 Å². The Hall–Kier alpha value is -2.60. The van der Waals surface area contributed by atoms with E-state index in [0.717, 1.165) is 11.1 Å². The van der Waals surface area contributed by atoms with E-state index in [9.17, 15) is 9.59 Å². The van der Waals surface area contributed by atoms with E-state index in [2.05, 4.69) is 5.32 Å². The molecule has 0 spiro atoms. The van der Waals surface area contributed by atoms with Gasteiger partial charge < -0.3 is 14.8 Å². The summed E-state index contributed by atoms with van der Waals surface area (Å²) in [6.45, 7) is 0.665. The summed E-state index contributed by atoms with van der Waals surface area (Å²) >= 11 is 12.5. The first-order valence-electron chi connectivity index (χ1n) is 9.49. The number of aromatic nitrogens is 1. The number of nitrogens with one attached hydrogen (secondary N) is 1. The Bertz CT molecular complexity index is 1100. The van der Waals surface area contributed by atoms with Crippen LogP contribution in [0, 0.1) is 0 Å². The maximum atomic E-state index is 12.8. The Morgan fingerprint density at radius 3 is 2.33 bits per heavy atom. The summed E-state index contributed by atoms with van der Waals surface area (Å²) < 4.78 is 1.48. The van der Waals surface area contributed by atoms with Crippen molar-refractivity contribution in [3.63, 3.8) is 0 Å². The quantitative estimate of drug-likeness (QED) is 0.593. The molecule has 7 heteroatoms. The van der Waals surface area contributed by atoms with Crippen LogP contribution in [0.25, 0.3) is 0 Å². The number of carbonyl (C=O) groups is 1. The van der Waals surface area contributed by atoms with Gasteiger partial charge in [0.15, 0.2) is 0 Å². The van der Waals surface area contributed by atoms with Crippen LogP contribution in [0.15, 0.2) is 71.7 Å². The van der Waals surface area contributed by atoms with Gasteiger partial charge in [0.1, 0.15) is 0 Å². The van der Waals surface area contributed by atoms with Gasteiger partial charge in [0.25, 0.3) is 11.5 Å². The van der Waals surface area contributed by atoms with Crippen LogP contribution in [0.3, 0.4) is 0 Å². The molecular formula is C23H23Cl2N3O2. The molecule has 1 N–H and O–H groups in total. The number of pyridine rings is 1.